The summed E-state index contributed by atoms with van der Waals surface area (Å²) in [5.74, 6) is 1.64. The van der Waals surface area contributed by atoms with Crippen LogP contribution in [0, 0.1) is 11.8 Å². The molecule has 0 amide bonds. The Morgan fingerprint density at radius 2 is 1.69 bits per heavy atom. The summed E-state index contributed by atoms with van der Waals surface area (Å²) in [6, 6.07) is 0.455. The smallest absolute Gasteiger partial charge is 0.108 e. The molecule has 0 aromatic carbocycles. The lowest BCUT2D eigenvalue weighted by molar-refractivity contribution is -0.118. The van der Waals surface area contributed by atoms with Gasteiger partial charge in [0.15, 0.2) is 0 Å². The lowest BCUT2D eigenvalue weighted by Crippen LogP contribution is -2.39. The molecular weight excluding hydrogens is 200 g/mol. The molecule has 3 heteroatoms. The topological polar surface area (TPSA) is 38.5 Å². The first-order chi connectivity index (χ1) is 7.35. The summed E-state index contributed by atoms with van der Waals surface area (Å²) in [4.78, 5) is 2.48. The fourth-order valence-electron chi connectivity index (χ4n) is 3.27. The summed E-state index contributed by atoms with van der Waals surface area (Å²) in [5.41, 5.74) is 5.95. The van der Waals surface area contributed by atoms with E-state index < -0.39 is 0 Å². The van der Waals surface area contributed by atoms with Crippen molar-refractivity contribution >= 4 is 0 Å². The monoisotopic (exact) mass is 226 g/mol. The van der Waals surface area contributed by atoms with Gasteiger partial charge >= 0.3 is 0 Å². The van der Waals surface area contributed by atoms with E-state index in [1.165, 1.54) is 25.9 Å². The van der Waals surface area contributed by atoms with Crippen molar-refractivity contribution in [3.8, 4) is 0 Å². The van der Waals surface area contributed by atoms with Crippen LogP contribution in [0.25, 0.3) is 0 Å². The molecule has 4 atom stereocenters. The highest BCUT2D eigenvalue weighted by Crippen LogP contribution is 2.38. The zero-order valence-corrected chi connectivity index (χ0v) is 11.1. The number of likely N-dealkylation sites (tertiary alicyclic amines) is 1. The predicted molar refractivity (Wildman–Crippen MR) is 66.1 cm³/mol. The van der Waals surface area contributed by atoms with Gasteiger partial charge in [0, 0.05) is 19.1 Å². The molecule has 0 radical (unpaired) electrons. The van der Waals surface area contributed by atoms with Crippen LogP contribution in [0.5, 0.6) is 0 Å². The lowest BCUT2D eigenvalue weighted by atomic mass is 10.0. The van der Waals surface area contributed by atoms with Gasteiger partial charge in [-0.3, -0.25) is 4.90 Å². The first-order valence-corrected chi connectivity index (χ1v) is 6.52. The second kappa shape index (κ2) is 4.28. The van der Waals surface area contributed by atoms with Gasteiger partial charge in [-0.15, -0.1) is 0 Å². The molecule has 1 aliphatic heterocycles. The number of fused-ring (bicyclic) bond motifs is 1. The number of hydrogen-bond acceptors (Lipinski definition) is 3. The van der Waals surface area contributed by atoms with Crippen molar-refractivity contribution in [2.75, 3.05) is 13.1 Å². The molecule has 0 bridgehead atoms. The maximum atomic E-state index is 6.01. The van der Waals surface area contributed by atoms with Crippen molar-refractivity contribution in [3.63, 3.8) is 0 Å². The molecule has 94 valence electrons. The minimum absolute atomic E-state index is 0.0481. The molecule has 2 N–H and O–H groups in total. The third-order valence-corrected chi connectivity index (χ3v) is 3.85. The Labute approximate surface area is 99.3 Å². The Bertz CT molecular complexity index is 235. The highest BCUT2D eigenvalue weighted by molar-refractivity contribution is 4.94. The zero-order valence-electron chi connectivity index (χ0n) is 11.1. The van der Waals surface area contributed by atoms with E-state index >= 15 is 0 Å². The van der Waals surface area contributed by atoms with E-state index in [1.807, 2.05) is 0 Å². The van der Waals surface area contributed by atoms with Crippen LogP contribution in [0.2, 0.25) is 0 Å². The van der Waals surface area contributed by atoms with E-state index in [-0.39, 0.29) is 11.8 Å². The Balaban J connectivity index is 1.86. The van der Waals surface area contributed by atoms with E-state index in [0.29, 0.717) is 6.04 Å². The highest BCUT2D eigenvalue weighted by Gasteiger charge is 2.41. The van der Waals surface area contributed by atoms with Gasteiger partial charge in [-0.2, -0.15) is 0 Å². The molecule has 16 heavy (non-hydrogen) atoms. The van der Waals surface area contributed by atoms with Crippen LogP contribution < -0.4 is 5.73 Å². The first-order valence-electron chi connectivity index (χ1n) is 6.52. The molecule has 1 heterocycles. The summed E-state index contributed by atoms with van der Waals surface area (Å²) in [6.45, 7) is 10.9. The molecule has 3 nitrogen and oxygen atoms in total. The molecule has 2 aliphatic rings. The van der Waals surface area contributed by atoms with Crippen LogP contribution in [-0.4, -0.2) is 35.9 Å². The molecule has 2 rings (SSSR count). The SMILES string of the molecule is CC(OC(C)(C)C)N1C[C@H]2C[C@H](N)C[C@H]2C1. The Kier molecular flexibility index (Phi) is 3.30. The average Bonchev–Trinajstić information content (AvgIpc) is 2.56. The number of ether oxygens (including phenoxy) is 1. The number of nitrogens with two attached hydrogens (primary N) is 1. The van der Waals surface area contributed by atoms with Gasteiger partial charge in [0.1, 0.15) is 6.23 Å². The molecule has 0 aromatic rings. The van der Waals surface area contributed by atoms with Gasteiger partial charge in [-0.25, -0.2) is 0 Å². The fraction of sp³-hybridized carbons (Fsp3) is 1.00. The van der Waals surface area contributed by atoms with E-state index in [1.54, 1.807) is 0 Å². The van der Waals surface area contributed by atoms with Crippen LogP contribution in [0.4, 0.5) is 0 Å². The van der Waals surface area contributed by atoms with Gasteiger partial charge in [0.05, 0.1) is 5.60 Å². The number of hydrogen-bond donors (Lipinski definition) is 1. The van der Waals surface area contributed by atoms with Crippen molar-refractivity contribution in [2.45, 2.75) is 58.4 Å². The maximum absolute atomic E-state index is 6.01. The highest BCUT2D eigenvalue weighted by atomic mass is 16.5. The third kappa shape index (κ3) is 2.76. The molecule has 1 unspecified atom stereocenters. The normalized spacial score (nSPS) is 37.7. The van der Waals surface area contributed by atoms with E-state index in [2.05, 4.69) is 32.6 Å². The average molecular weight is 226 g/mol. The molecule has 0 spiro atoms. The Hall–Kier alpha value is -0.120. The molecule has 1 saturated carbocycles. The van der Waals surface area contributed by atoms with Crippen molar-refractivity contribution in [2.24, 2.45) is 17.6 Å². The summed E-state index contributed by atoms with van der Waals surface area (Å²) in [5, 5.41) is 0. The second-order valence-corrected chi connectivity index (χ2v) is 6.54. The molecular formula is C13H26N2O. The molecule has 1 saturated heterocycles. The molecule has 1 aliphatic carbocycles. The van der Waals surface area contributed by atoms with E-state index in [4.69, 9.17) is 10.5 Å². The molecule has 2 fully saturated rings. The van der Waals surface area contributed by atoms with Crippen LogP contribution in [-0.2, 0) is 4.74 Å². The number of nitrogens with zero attached hydrogens (tertiary/aromatic N) is 1. The van der Waals surface area contributed by atoms with Crippen molar-refractivity contribution in [1.82, 2.24) is 4.90 Å². The van der Waals surface area contributed by atoms with E-state index in [9.17, 15) is 0 Å². The van der Waals surface area contributed by atoms with Gasteiger partial charge in [0.2, 0.25) is 0 Å². The third-order valence-electron chi connectivity index (χ3n) is 3.85. The van der Waals surface area contributed by atoms with Crippen molar-refractivity contribution in [1.29, 1.82) is 0 Å². The van der Waals surface area contributed by atoms with E-state index in [0.717, 1.165) is 11.8 Å². The van der Waals surface area contributed by atoms with Crippen molar-refractivity contribution in [3.05, 3.63) is 0 Å². The van der Waals surface area contributed by atoms with Crippen LogP contribution in [0.15, 0.2) is 0 Å². The van der Waals surface area contributed by atoms with Gasteiger partial charge in [-0.1, -0.05) is 0 Å². The van der Waals surface area contributed by atoms with Gasteiger partial charge in [0.25, 0.3) is 0 Å². The summed E-state index contributed by atoms with van der Waals surface area (Å²) in [6.07, 6.45) is 2.66. The zero-order chi connectivity index (χ0) is 11.9. The largest absolute Gasteiger partial charge is 0.358 e. The minimum Gasteiger partial charge on any atom is -0.358 e. The van der Waals surface area contributed by atoms with Crippen molar-refractivity contribution < 1.29 is 4.74 Å². The first kappa shape index (κ1) is 12.3. The minimum atomic E-state index is -0.0481. The van der Waals surface area contributed by atoms with Crippen LogP contribution >= 0.6 is 0 Å². The predicted octanol–water partition coefficient (Wildman–Crippen LogP) is 1.82. The quantitative estimate of drug-likeness (QED) is 0.780. The Morgan fingerprint density at radius 3 is 2.12 bits per heavy atom. The lowest BCUT2D eigenvalue weighted by Gasteiger charge is -2.32. The second-order valence-electron chi connectivity index (χ2n) is 6.54. The summed E-state index contributed by atoms with van der Waals surface area (Å²) >= 11 is 0. The van der Waals surface area contributed by atoms with Gasteiger partial charge in [-0.05, 0) is 52.4 Å². The number of rotatable bonds is 2. The maximum Gasteiger partial charge on any atom is 0.108 e. The van der Waals surface area contributed by atoms with Gasteiger partial charge < -0.3 is 10.5 Å². The molecule has 0 aromatic heterocycles. The Morgan fingerprint density at radius 1 is 1.19 bits per heavy atom. The summed E-state index contributed by atoms with van der Waals surface area (Å²) in [7, 11) is 0. The fourth-order valence-corrected chi connectivity index (χ4v) is 3.27. The van der Waals surface area contributed by atoms with Crippen LogP contribution in [0.3, 0.4) is 0 Å². The summed E-state index contributed by atoms with van der Waals surface area (Å²) < 4.78 is 6.01. The van der Waals surface area contributed by atoms with Crippen LogP contribution in [0.1, 0.15) is 40.5 Å². The standard InChI is InChI=1S/C13H26N2O/c1-9(16-13(2,3)4)15-7-10-5-12(14)6-11(10)8-15/h9-12H,5-8,14H2,1-4H3/t9?,10-,11+,12+.